The Morgan fingerprint density at radius 3 is 2.57 bits per heavy atom. The Morgan fingerprint density at radius 2 is 1.93 bits per heavy atom. The summed E-state index contributed by atoms with van der Waals surface area (Å²) in [7, 11) is 1.86. The van der Waals surface area contributed by atoms with E-state index in [0.717, 1.165) is 52.6 Å². The molecular formula is C21H24ClN3OS2. The lowest BCUT2D eigenvalue weighted by Crippen LogP contribution is -2.28. The minimum Gasteiger partial charge on any atom is -0.365 e. The average Bonchev–Trinajstić information content (AvgIpc) is 3.13. The molecule has 0 saturated carbocycles. The first kappa shape index (κ1) is 21.1. The maximum absolute atomic E-state index is 10.6. The summed E-state index contributed by atoms with van der Waals surface area (Å²) < 4.78 is 3.47. The van der Waals surface area contributed by atoms with Crippen LogP contribution in [0.5, 0.6) is 0 Å². The van der Waals surface area contributed by atoms with E-state index in [1.165, 1.54) is 10.5 Å². The molecule has 4 nitrogen and oxygen atoms in total. The first-order chi connectivity index (χ1) is 13.6. The van der Waals surface area contributed by atoms with Crippen LogP contribution in [-0.2, 0) is 4.79 Å². The maximum atomic E-state index is 10.6. The highest BCUT2D eigenvalue weighted by Gasteiger charge is 2.18. The molecule has 1 saturated heterocycles. The number of aromatic nitrogens is 1. The highest BCUT2D eigenvalue weighted by molar-refractivity contribution is 7.97. The van der Waals surface area contributed by atoms with Gasteiger partial charge < -0.3 is 10.1 Å². The topological polar surface area (TPSA) is 45.2 Å². The van der Waals surface area contributed by atoms with Crippen LogP contribution in [0.15, 0.2) is 47.4 Å². The number of halogens is 1. The number of nitrogens with zero attached hydrogens (tertiary/aromatic N) is 2. The predicted octanol–water partition coefficient (Wildman–Crippen LogP) is 5.90. The molecule has 0 bridgehead atoms. The molecule has 1 aromatic heterocycles. The third kappa shape index (κ3) is 5.95. The molecule has 28 heavy (non-hydrogen) atoms. The van der Waals surface area contributed by atoms with E-state index in [9.17, 15) is 4.79 Å². The number of hydrogen-bond donors (Lipinski definition) is 1. The van der Waals surface area contributed by atoms with Crippen LogP contribution in [0.1, 0.15) is 18.4 Å². The lowest BCUT2D eigenvalue weighted by Gasteiger charge is -2.28. The van der Waals surface area contributed by atoms with Crippen molar-refractivity contribution in [1.29, 1.82) is 0 Å². The fourth-order valence-electron chi connectivity index (χ4n) is 2.86. The fraction of sp³-hybridized carbons (Fsp3) is 0.333. The molecule has 1 aliphatic rings. The second-order valence-electron chi connectivity index (χ2n) is 6.69. The molecule has 0 unspecified atom stereocenters. The molecule has 1 N–H and O–H groups in total. The molecule has 4 rings (SSSR count). The third-order valence-corrected chi connectivity index (χ3v) is 6.89. The molecular weight excluding hydrogens is 410 g/mol. The molecule has 2 heterocycles. The average molecular weight is 434 g/mol. The fourth-order valence-corrected chi connectivity index (χ4v) is 4.90. The number of hydrogen-bond acceptors (Lipinski definition) is 6. The molecule has 1 fully saturated rings. The van der Waals surface area contributed by atoms with Gasteiger partial charge in [0.1, 0.15) is 6.29 Å². The number of aryl methyl sites for hydroxylation is 1. The number of aldehydes is 1. The van der Waals surface area contributed by atoms with Gasteiger partial charge >= 0.3 is 0 Å². The number of fused-ring (bicyclic) bond motifs is 1. The van der Waals surface area contributed by atoms with Crippen molar-refractivity contribution in [3.63, 3.8) is 0 Å². The van der Waals surface area contributed by atoms with Gasteiger partial charge in [0.2, 0.25) is 0 Å². The molecule has 0 aliphatic carbocycles. The van der Waals surface area contributed by atoms with Crippen molar-refractivity contribution < 1.29 is 4.79 Å². The molecule has 1 aliphatic heterocycles. The quantitative estimate of drug-likeness (QED) is 0.409. The van der Waals surface area contributed by atoms with Gasteiger partial charge in [-0.2, -0.15) is 0 Å². The summed E-state index contributed by atoms with van der Waals surface area (Å²) in [5, 5.41) is 4.68. The van der Waals surface area contributed by atoms with Crippen molar-refractivity contribution in [2.75, 3.05) is 25.5 Å². The van der Waals surface area contributed by atoms with E-state index in [-0.39, 0.29) is 5.92 Å². The number of rotatable bonds is 4. The van der Waals surface area contributed by atoms with Crippen molar-refractivity contribution in [2.45, 2.75) is 24.7 Å². The summed E-state index contributed by atoms with van der Waals surface area (Å²) in [6.07, 6.45) is 3.11. The second kappa shape index (κ2) is 10.3. The number of anilines is 1. The molecule has 0 radical (unpaired) electrons. The summed E-state index contributed by atoms with van der Waals surface area (Å²) >= 11 is 9.24. The maximum Gasteiger partial charge on any atom is 0.183 e. The Kier molecular flexibility index (Phi) is 7.73. The Labute approximate surface area is 179 Å². The Hall–Kier alpha value is -1.60. The zero-order valence-electron chi connectivity index (χ0n) is 16.0. The Balaban J connectivity index is 0.000000167. The van der Waals surface area contributed by atoms with Crippen molar-refractivity contribution in [3.05, 3.63) is 53.1 Å². The standard InChI is InChI=1S/C13H17NOS.C8H7ClN2S/c1-11-2-4-13(5-3-11)16-14-8-6-12(10-15)7-9-14;1-10-8-11-6-3-2-5(9)4-7(6)12-8/h2-5,10,12H,6-9H2,1H3;2-4H,1H3,(H,10,11). The Bertz CT molecular complexity index is 906. The van der Waals surface area contributed by atoms with Gasteiger partial charge in [-0.25, -0.2) is 9.29 Å². The largest absolute Gasteiger partial charge is 0.365 e. The molecule has 148 valence electrons. The molecule has 0 atom stereocenters. The van der Waals surface area contributed by atoms with Crippen molar-refractivity contribution in [1.82, 2.24) is 9.29 Å². The number of carbonyl (C=O) groups excluding carboxylic acids is 1. The van der Waals surface area contributed by atoms with E-state index in [2.05, 4.69) is 45.8 Å². The first-order valence-electron chi connectivity index (χ1n) is 9.26. The van der Waals surface area contributed by atoms with Crippen LogP contribution in [0.2, 0.25) is 5.02 Å². The SMILES string of the molecule is CNc1nc2ccc(Cl)cc2s1.Cc1ccc(SN2CCC(C=O)CC2)cc1. The van der Waals surface area contributed by atoms with Gasteiger partial charge in [0.15, 0.2) is 5.13 Å². The van der Waals surface area contributed by atoms with Gasteiger partial charge in [-0.05, 0) is 62.0 Å². The summed E-state index contributed by atoms with van der Waals surface area (Å²) in [4.78, 5) is 16.2. The summed E-state index contributed by atoms with van der Waals surface area (Å²) in [5.74, 6) is 0.287. The van der Waals surface area contributed by atoms with Gasteiger partial charge in [-0.15, -0.1) is 0 Å². The normalized spacial score (nSPS) is 15.1. The van der Waals surface area contributed by atoms with Gasteiger partial charge in [0.25, 0.3) is 0 Å². The number of thiazole rings is 1. The van der Waals surface area contributed by atoms with Crippen LogP contribution < -0.4 is 5.32 Å². The van der Waals surface area contributed by atoms with Crippen LogP contribution in [0.3, 0.4) is 0 Å². The zero-order chi connectivity index (χ0) is 19.9. The first-order valence-corrected chi connectivity index (χ1v) is 11.2. The zero-order valence-corrected chi connectivity index (χ0v) is 18.4. The van der Waals surface area contributed by atoms with Gasteiger partial charge in [0.05, 0.1) is 10.2 Å². The summed E-state index contributed by atoms with van der Waals surface area (Å²) in [6.45, 7) is 4.13. The van der Waals surface area contributed by atoms with E-state index in [0.29, 0.717) is 0 Å². The van der Waals surface area contributed by atoms with Crippen molar-refractivity contribution in [2.24, 2.45) is 5.92 Å². The van der Waals surface area contributed by atoms with Gasteiger partial charge in [-0.3, -0.25) is 0 Å². The van der Waals surface area contributed by atoms with Crippen LogP contribution in [0, 0.1) is 12.8 Å². The van der Waals surface area contributed by atoms with Gasteiger partial charge in [0, 0.05) is 36.0 Å². The minimum absolute atomic E-state index is 0.287. The molecule has 7 heteroatoms. The lowest BCUT2D eigenvalue weighted by atomic mass is 10.0. The minimum atomic E-state index is 0.287. The molecule has 3 aromatic rings. The highest BCUT2D eigenvalue weighted by Crippen LogP contribution is 2.28. The summed E-state index contributed by atoms with van der Waals surface area (Å²) in [6, 6.07) is 14.3. The number of benzene rings is 2. The van der Waals surface area contributed by atoms with Crippen molar-refractivity contribution >= 4 is 56.5 Å². The predicted molar refractivity (Wildman–Crippen MR) is 122 cm³/mol. The Morgan fingerprint density at radius 1 is 1.21 bits per heavy atom. The smallest absolute Gasteiger partial charge is 0.183 e. The van der Waals surface area contributed by atoms with Gasteiger partial charge in [-0.1, -0.05) is 40.6 Å². The number of nitrogens with one attached hydrogen (secondary N) is 1. The molecule has 0 amide bonds. The third-order valence-electron chi connectivity index (χ3n) is 4.51. The lowest BCUT2D eigenvalue weighted by molar-refractivity contribution is -0.112. The van der Waals surface area contributed by atoms with Crippen molar-refractivity contribution in [3.8, 4) is 0 Å². The van der Waals surface area contributed by atoms with E-state index >= 15 is 0 Å². The molecule has 0 spiro atoms. The van der Waals surface area contributed by atoms with Crippen LogP contribution in [-0.4, -0.2) is 35.7 Å². The van der Waals surface area contributed by atoms with Crippen LogP contribution >= 0.6 is 34.9 Å². The second-order valence-corrected chi connectivity index (χ2v) is 9.33. The van der Waals surface area contributed by atoms with E-state index in [1.807, 2.05) is 25.2 Å². The number of carbonyl (C=O) groups is 1. The van der Waals surface area contributed by atoms with E-state index in [4.69, 9.17) is 11.6 Å². The van der Waals surface area contributed by atoms with E-state index < -0.39 is 0 Å². The highest BCUT2D eigenvalue weighted by atomic mass is 35.5. The van der Waals surface area contributed by atoms with E-state index in [1.54, 1.807) is 23.3 Å². The monoisotopic (exact) mass is 433 g/mol. The number of piperidine rings is 1. The van der Waals surface area contributed by atoms with Crippen LogP contribution in [0.4, 0.5) is 5.13 Å². The summed E-state index contributed by atoms with van der Waals surface area (Å²) in [5.41, 5.74) is 2.29. The van der Waals surface area contributed by atoms with Crippen LogP contribution in [0.25, 0.3) is 10.2 Å². The molecule has 2 aromatic carbocycles.